The summed E-state index contributed by atoms with van der Waals surface area (Å²) >= 11 is 7.15. The standard InChI is InChI=1S/C22H21ClN2O2S/c23-19-7-3-2-6-17(19)15-25-21(26)20(28-22(25)27)14-16-8-10-18(11-9-16)24-12-4-1-5-13-24/h2-3,6-11,14H,1,4-5,12-13,15H2/b20-14-. The normalized spacial score (nSPS) is 19.0. The number of imide groups is 1. The Morgan fingerprint density at radius 2 is 1.68 bits per heavy atom. The summed E-state index contributed by atoms with van der Waals surface area (Å²) in [4.78, 5) is 29.1. The van der Waals surface area contributed by atoms with Crippen molar-refractivity contribution in [1.82, 2.24) is 4.90 Å². The molecule has 0 spiro atoms. The van der Waals surface area contributed by atoms with Crippen LogP contribution >= 0.6 is 23.4 Å². The average Bonchev–Trinajstić information content (AvgIpc) is 2.98. The van der Waals surface area contributed by atoms with E-state index in [1.807, 2.05) is 30.3 Å². The molecule has 2 fully saturated rings. The van der Waals surface area contributed by atoms with Crippen LogP contribution in [0.4, 0.5) is 10.5 Å². The van der Waals surface area contributed by atoms with Crippen LogP contribution in [0.5, 0.6) is 0 Å². The van der Waals surface area contributed by atoms with Crippen LogP contribution in [0.3, 0.4) is 0 Å². The maximum atomic E-state index is 12.7. The van der Waals surface area contributed by atoms with Gasteiger partial charge in [-0.2, -0.15) is 0 Å². The first-order valence-electron chi connectivity index (χ1n) is 9.45. The molecule has 4 rings (SSSR count). The number of carbonyl (C=O) groups excluding carboxylic acids is 2. The van der Waals surface area contributed by atoms with Gasteiger partial charge in [0, 0.05) is 23.8 Å². The van der Waals surface area contributed by atoms with Gasteiger partial charge < -0.3 is 4.90 Å². The highest BCUT2D eigenvalue weighted by Crippen LogP contribution is 2.34. The smallest absolute Gasteiger partial charge is 0.293 e. The summed E-state index contributed by atoms with van der Waals surface area (Å²) in [7, 11) is 0. The summed E-state index contributed by atoms with van der Waals surface area (Å²) in [6.45, 7) is 2.39. The lowest BCUT2D eigenvalue weighted by Gasteiger charge is -2.28. The number of anilines is 1. The van der Waals surface area contributed by atoms with Crippen molar-refractivity contribution in [3.8, 4) is 0 Å². The zero-order chi connectivity index (χ0) is 19.5. The molecule has 0 aromatic heterocycles. The van der Waals surface area contributed by atoms with Gasteiger partial charge in [0.1, 0.15) is 0 Å². The molecular formula is C22H21ClN2O2S. The highest BCUT2D eigenvalue weighted by Gasteiger charge is 2.35. The predicted molar refractivity (Wildman–Crippen MR) is 115 cm³/mol. The Bertz CT molecular complexity index is 920. The molecule has 2 aliphatic heterocycles. The predicted octanol–water partition coefficient (Wildman–Crippen LogP) is 5.57. The van der Waals surface area contributed by atoms with Crippen LogP contribution in [0, 0.1) is 0 Å². The van der Waals surface area contributed by atoms with E-state index < -0.39 is 0 Å². The van der Waals surface area contributed by atoms with Gasteiger partial charge in [0.25, 0.3) is 11.1 Å². The number of amides is 2. The third-order valence-corrected chi connectivity index (χ3v) is 6.35. The first-order valence-corrected chi connectivity index (χ1v) is 10.6. The molecule has 0 atom stereocenters. The summed E-state index contributed by atoms with van der Waals surface area (Å²) in [6.07, 6.45) is 5.57. The van der Waals surface area contributed by atoms with Gasteiger partial charge in [0.15, 0.2) is 0 Å². The number of carbonyl (C=O) groups is 2. The lowest BCUT2D eigenvalue weighted by atomic mass is 10.1. The van der Waals surface area contributed by atoms with E-state index in [1.54, 1.807) is 12.1 Å². The molecule has 0 radical (unpaired) electrons. The number of thioether (sulfide) groups is 1. The molecule has 2 aromatic carbocycles. The second-order valence-electron chi connectivity index (χ2n) is 7.00. The van der Waals surface area contributed by atoms with Gasteiger partial charge in [-0.3, -0.25) is 14.5 Å². The molecule has 0 bridgehead atoms. The highest BCUT2D eigenvalue weighted by atomic mass is 35.5. The Morgan fingerprint density at radius 1 is 0.964 bits per heavy atom. The molecular weight excluding hydrogens is 392 g/mol. The molecule has 2 heterocycles. The Kier molecular flexibility index (Phi) is 5.74. The van der Waals surface area contributed by atoms with Crippen LogP contribution in [-0.2, 0) is 11.3 Å². The second kappa shape index (κ2) is 8.41. The molecule has 2 saturated heterocycles. The fourth-order valence-corrected chi connectivity index (χ4v) is 4.55. The van der Waals surface area contributed by atoms with Crippen LogP contribution in [-0.4, -0.2) is 29.1 Å². The molecule has 0 aliphatic carbocycles. The lowest BCUT2D eigenvalue weighted by molar-refractivity contribution is -0.123. The van der Waals surface area contributed by atoms with Crippen LogP contribution in [0.25, 0.3) is 6.08 Å². The zero-order valence-electron chi connectivity index (χ0n) is 15.4. The number of rotatable bonds is 4. The summed E-state index contributed by atoms with van der Waals surface area (Å²) < 4.78 is 0. The van der Waals surface area contributed by atoms with Gasteiger partial charge in [0.2, 0.25) is 0 Å². The minimum absolute atomic E-state index is 0.190. The average molecular weight is 413 g/mol. The van der Waals surface area contributed by atoms with Crippen molar-refractivity contribution in [2.75, 3.05) is 18.0 Å². The van der Waals surface area contributed by atoms with E-state index in [0.29, 0.717) is 9.93 Å². The number of halogens is 1. The minimum atomic E-state index is -0.268. The van der Waals surface area contributed by atoms with Crippen molar-refractivity contribution in [1.29, 1.82) is 0 Å². The van der Waals surface area contributed by atoms with E-state index in [4.69, 9.17) is 11.6 Å². The van der Waals surface area contributed by atoms with Gasteiger partial charge in [-0.1, -0.05) is 41.9 Å². The molecule has 0 unspecified atom stereocenters. The third-order valence-electron chi connectivity index (χ3n) is 5.07. The van der Waals surface area contributed by atoms with Gasteiger partial charge >= 0.3 is 0 Å². The quantitative estimate of drug-likeness (QED) is 0.616. The van der Waals surface area contributed by atoms with Gasteiger partial charge in [-0.05, 0) is 66.4 Å². The van der Waals surface area contributed by atoms with E-state index in [-0.39, 0.29) is 17.7 Å². The SMILES string of the molecule is O=C1S/C(=C\c2ccc(N3CCCCC3)cc2)C(=O)N1Cc1ccccc1Cl. The van der Waals surface area contributed by atoms with Crippen molar-refractivity contribution >= 4 is 46.3 Å². The van der Waals surface area contributed by atoms with Crippen LogP contribution < -0.4 is 4.90 Å². The fourth-order valence-electron chi connectivity index (χ4n) is 3.52. The molecule has 4 nitrogen and oxygen atoms in total. The van der Waals surface area contributed by atoms with Gasteiger partial charge in [0.05, 0.1) is 11.4 Å². The maximum absolute atomic E-state index is 12.7. The third kappa shape index (κ3) is 4.10. The lowest BCUT2D eigenvalue weighted by Crippen LogP contribution is -2.29. The summed E-state index contributed by atoms with van der Waals surface area (Å²) in [5.41, 5.74) is 2.89. The molecule has 6 heteroatoms. The largest absolute Gasteiger partial charge is 0.372 e. The first-order chi connectivity index (χ1) is 13.6. The summed E-state index contributed by atoms with van der Waals surface area (Å²) in [5.74, 6) is -0.268. The fraction of sp³-hybridized carbons (Fsp3) is 0.273. The Labute approximate surface area is 174 Å². The number of nitrogens with zero attached hydrogens (tertiary/aromatic N) is 2. The number of benzene rings is 2. The van der Waals surface area contributed by atoms with E-state index in [1.165, 1.54) is 29.8 Å². The second-order valence-corrected chi connectivity index (χ2v) is 8.40. The van der Waals surface area contributed by atoms with Crippen LogP contribution in [0.15, 0.2) is 53.4 Å². The number of hydrogen-bond donors (Lipinski definition) is 0. The molecule has 2 amide bonds. The molecule has 0 N–H and O–H groups in total. The Hall–Kier alpha value is -2.24. The molecule has 28 heavy (non-hydrogen) atoms. The van der Waals surface area contributed by atoms with Crippen molar-refractivity contribution in [2.45, 2.75) is 25.8 Å². The van der Waals surface area contributed by atoms with Crippen molar-refractivity contribution < 1.29 is 9.59 Å². The van der Waals surface area contributed by atoms with E-state index >= 15 is 0 Å². The molecule has 144 valence electrons. The summed E-state index contributed by atoms with van der Waals surface area (Å²) in [6, 6.07) is 15.5. The molecule has 2 aliphatic rings. The van der Waals surface area contributed by atoms with Crippen LogP contribution in [0.2, 0.25) is 5.02 Å². The number of piperidine rings is 1. The van der Waals surface area contributed by atoms with E-state index in [0.717, 1.165) is 36.0 Å². The summed E-state index contributed by atoms with van der Waals surface area (Å²) in [5, 5.41) is 0.292. The molecule has 2 aromatic rings. The van der Waals surface area contributed by atoms with Crippen molar-refractivity contribution in [3.63, 3.8) is 0 Å². The van der Waals surface area contributed by atoms with E-state index in [9.17, 15) is 9.59 Å². The van der Waals surface area contributed by atoms with Gasteiger partial charge in [-0.25, -0.2) is 0 Å². The maximum Gasteiger partial charge on any atom is 0.293 e. The first kappa shape index (κ1) is 19.1. The van der Waals surface area contributed by atoms with E-state index in [2.05, 4.69) is 17.0 Å². The van der Waals surface area contributed by atoms with Gasteiger partial charge in [-0.15, -0.1) is 0 Å². The number of hydrogen-bond acceptors (Lipinski definition) is 4. The Balaban J connectivity index is 1.48. The minimum Gasteiger partial charge on any atom is -0.372 e. The van der Waals surface area contributed by atoms with Crippen LogP contribution in [0.1, 0.15) is 30.4 Å². The monoisotopic (exact) mass is 412 g/mol. The topological polar surface area (TPSA) is 40.6 Å². The zero-order valence-corrected chi connectivity index (χ0v) is 17.0. The van der Waals surface area contributed by atoms with Crippen molar-refractivity contribution in [3.05, 3.63) is 69.6 Å². The molecule has 0 saturated carbocycles. The Morgan fingerprint density at radius 3 is 2.39 bits per heavy atom. The highest BCUT2D eigenvalue weighted by molar-refractivity contribution is 8.18. The van der Waals surface area contributed by atoms with Crippen molar-refractivity contribution in [2.24, 2.45) is 0 Å².